The largest absolute Gasteiger partial charge is 0.484 e. The molecule has 1 aromatic rings. The van der Waals surface area contributed by atoms with Crippen LogP contribution in [-0.2, 0) is 14.3 Å². The van der Waals surface area contributed by atoms with E-state index >= 15 is 0 Å². The van der Waals surface area contributed by atoms with Gasteiger partial charge in [0.05, 0.1) is 19.3 Å². The maximum absolute atomic E-state index is 13.1. The normalized spacial score (nSPS) is 22.2. The second-order valence-corrected chi connectivity index (χ2v) is 8.85. The van der Waals surface area contributed by atoms with Crippen LogP contribution >= 0.6 is 0 Å². The Kier molecular flexibility index (Phi) is 7.81. The van der Waals surface area contributed by atoms with Crippen LogP contribution in [0.5, 0.6) is 5.75 Å². The topological polar surface area (TPSA) is 62.3 Å². The highest BCUT2D eigenvalue weighted by atomic mass is 16.5. The summed E-state index contributed by atoms with van der Waals surface area (Å²) in [7, 11) is 0. The van der Waals surface area contributed by atoms with E-state index in [0.717, 1.165) is 71.5 Å². The molecule has 2 amide bonds. The van der Waals surface area contributed by atoms with E-state index in [1.165, 1.54) is 0 Å². The molecule has 3 fully saturated rings. The minimum atomic E-state index is -0.00397. The van der Waals surface area contributed by atoms with Crippen molar-refractivity contribution >= 4 is 11.8 Å². The number of carbonyl (C=O) groups excluding carboxylic acids is 2. The molecule has 4 rings (SSSR count). The van der Waals surface area contributed by atoms with E-state index < -0.39 is 0 Å². The SMILES string of the molecule is O=C(COc1ccccc1)N1CC[C@H](N(CCCN2CCOCC2)C(=O)C2CCC2)C1. The highest BCUT2D eigenvalue weighted by Gasteiger charge is 2.37. The number of morpholine rings is 1. The molecule has 7 nitrogen and oxygen atoms in total. The van der Waals surface area contributed by atoms with Gasteiger partial charge in [-0.2, -0.15) is 0 Å². The first-order valence-corrected chi connectivity index (χ1v) is 11.8. The molecule has 0 radical (unpaired) electrons. The number of rotatable bonds is 9. The molecule has 2 saturated heterocycles. The van der Waals surface area contributed by atoms with Crippen LogP contribution < -0.4 is 4.74 Å². The molecule has 0 aromatic heterocycles. The molecule has 31 heavy (non-hydrogen) atoms. The minimum Gasteiger partial charge on any atom is -0.484 e. The molecular weight excluding hydrogens is 394 g/mol. The van der Waals surface area contributed by atoms with E-state index in [-0.39, 0.29) is 24.5 Å². The second-order valence-electron chi connectivity index (χ2n) is 8.85. The van der Waals surface area contributed by atoms with Crippen LogP contribution in [0.1, 0.15) is 32.1 Å². The average molecular weight is 430 g/mol. The van der Waals surface area contributed by atoms with Crippen LogP contribution in [0.2, 0.25) is 0 Å². The molecule has 0 spiro atoms. The summed E-state index contributed by atoms with van der Waals surface area (Å²) in [5.74, 6) is 1.19. The number of nitrogens with zero attached hydrogens (tertiary/aromatic N) is 3. The van der Waals surface area contributed by atoms with Crippen molar-refractivity contribution in [1.29, 1.82) is 0 Å². The van der Waals surface area contributed by atoms with E-state index in [1.54, 1.807) is 0 Å². The van der Waals surface area contributed by atoms with Crippen LogP contribution in [0.3, 0.4) is 0 Å². The number of carbonyl (C=O) groups is 2. The maximum Gasteiger partial charge on any atom is 0.260 e. The fourth-order valence-corrected chi connectivity index (χ4v) is 4.63. The molecule has 2 aliphatic heterocycles. The van der Waals surface area contributed by atoms with Gasteiger partial charge >= 0.3 is 0 Å². The minimum absolute atomic E-state index is 0.00397. The van der Waals surface area contributed by atoms with Crippen molar-refractivity contribution in [1.82, 2.24) is 14.7 Å². The summed E-state index contributed by atoms with van der Waals surface area (Å²) in [6, 6.07) is 9.55. The predicted octanol–water partition coefficient (Wildman–Crippen LogP) is 2.02. The molecule has 0 N–H and O–H groups in total. The van der Waals surface area contributed by atoms with Gasteiger partial charge in [0.1, 0.15) is 5.75 Å². The number of amides is 2. The molecule has 1 atom stereocenters. The Bertz CT molecular complexity index is 719. The van der Waals surface area contributed by atoms with Gasteiger partial charge in [0.15, 0.2) is 6.61 Å². The molecule has 170 valence electrons. The van der Waals surface area contributed by atoms with Crippen molar-refractivity contribution in [2.75, 3.05) is 59.1 Å². The van der Waals surface area contributed by atoms with Gasteiger partial charge in [0, 0.05) is 45.2 Å². The molecule has 7 heteroatoms. The van der Waals surface area contributed by atoms with Crippen molar-refractivity contribution in [2.24, 2.45) is 5.92 Å². The lowest BCUT2D eigenvalue weighted by molar-refractivity contribution is -0.141. The molecule has 2 heterocycles. The van der Waals surface area contributed by atoms with Gasteiger partial charge in [-0.05, 0) is 37.8 Å². The van der Waals surface area contributed by atoms with Gasteiger partial charge in [-0.3, -0.25) is 14.5 Å². The second kappa shape index (κ2) is 11.0. The summed E-state index contributed by atoms with van der Waals surface area (Å²) in [6.07, 6.45) is 5.01. The lowest BCUT2D eigenvalue weighted by atomic mass is 9.84. The van der Waals surface area contributed by atoms with E-state index in [1.807, 2.05) is 35.2 Å². The molecular formula is C24H35N3O4. The average Bonchev–Trinajstić information content (AvgIpc) is 3.25. The Morgan fingerprint density at radius 1 is 1.06 bits per heavy atom. The molecule has 3 aliphatic rings. The van der Waals surface area contributed by atoms with Crippen LogP contribution in [0.4, 0.5) is 0 Å². The zero-order valence-electron chi connectivity index (χ0n) is 18.4. The summed E-state index contributed by atoms with van der Waals surface area (Å²) < 4.78 is 11.1. The standard InChI is InChI=1S/C24H35N3O4/c28-23(19-31-22-8-2-1-3-9-22)26-13-10-21(18-26)27(24(29)20-6-4-7-20)12-5-11-25-14-16-30-17-15-25/h1-3,8-9,20-21H,4-7,10-19H2/t21-/m0/s1. The van der Waals surface area contributed by atoms with Crippen LogP contribution in [0.25, 0.3) is 0 Å². The van der Waals surface area contributed by atoms with Crippen molar-refractivity contribution in [3.8, 4) is 5.75 Å². The Labute approximate surface area is 185 Å². The van der Waals surface area contributed by atoms with Crippen LogP contribution in [0, 0.1) is 5.92 Å². The van der Waals surface area contributed by atoms with E-state index in [2.05, 4.69) is 9.80 Å². The molecule has 1 saturated carbocycles. The Balaban J connectivity index is 1.28. The summed E-state index contributed by atoms with van der Waals surface area (Å²) in [5.41, 5.74) is 0. The lowest BCUT2D eigenvalue weighted by Gasteiger charge is -2.36. The maximum atomic E-state index is 13.1. The molecule has 0 bridgehead atoms. The van der Waals surface area contributed by atoms with E-state index in [0.29, 0.717) is 24.7 Å². The number of hydrogen-bond acceptors (Lipinski definition) is 5. The third-order valence-electron chi connectivity index (χ3n) is 6.78. The summed E-state index contributed by atoms with van der Waals surface area (Å²) in [5, 5.41) is 0. The first kappa shape index (κ1) is 22.1. The number of hydrogen-bond donors (Lipinski definition) is 0. The fraction of sp³-hybridized carbons (Fsp3) is 0.667. The van der Waals surface area contributed by atoms with Gasteiger partial charge in [-0.1, -0.05) is 24.6 Å². The van der Waals surface area contributed by atoms with Crippen LogP contribution in [-0.4, -0.2) is 91.6 Å². The van der Waals surface area contributed by atoms with Gasteiger partial charge in [0.25, 0.3) is 5.91 Å². The predicted molar refractivity (Wildman–Crippen MR) is 118 cm³/mol. The Morgan fingerprint density at radius 3 is 2.55 bits per heavy atom. The monoisotopic (exact) mass is 429 g/mol. The Morgan fingerprint density at radius 2 is 1.84 bits per heavy atom. The molecule has 1 aromatic carbocycles. The van der Waals surface area contributed by atoms with E-state index in [9.17, 15) is 9.59 Å². The lowest BCUT2D eigenvalue weighted by Crippen LogP contribution is -2.48. The zero-order valence-corrected chi connectivity index (χ0v) is 18.4. The summed E-state index contributed by atoms with van der Waals surface area (Å²) in [6.45, 7) is 6.69. The van der Waals surface area contributed by atoms with Crippen molar-refractivity contribution < 1.29 is 19.1 Å². The number of para-hydroxylation sites is 1. The van der Waals surface area contributed by atoms with Gasteiger partial charge in [-0.25, -0.2) is 0 Å². The van der Waals surface area contributed by atoms with Gasteiger partial charge in [-0.15, -0.1) is 0 Å². The van der Waals surface area contributed by atoms with Crippen LogP contribution in [0.15, 0.2) is 30.3 Å². The number of likely N-dealkylation sites (tertiary alicyclic amines) is 1. The molecule has 1 aliphatic carbocycles. The van der Waals surface area contributed by atoms with Crippen molar-refractivity contribution in [2.45, 2.75) is 38.1 Å². The zero-order chi connectivity index (χ0) is 21.5. The molecule has 0 unspecified atom stereocenters. The summed E-state index contributed by atoms with van der Waals surface area (Å²) in [4.78, 5) is 32.2. The fourth-order valence-electron chi connectivity index (χ4n) is 4.63. The Hall–Kier alpha value is -2.12. The third kappa shape index (κ3) is 5.98. The van der Waals surface area contributed by atoms with Gasteiger partial charge in [0.2, 0.25) is 5.91 Å². The van der Waals surface area contributed by atoms with E-state index in [4.69, 9.17) is 9.47 Å². The smallest absolute Gasteiger partial charge is 0.260 e. The highest BCUT2D eigenvalue weighted by Crippen LogP contribution is 2.30. The number of ether oxygens (including phenoxy) is 2. The summed E-state index contributed by atoms with van der Waals surface area (Å²) >= 11 is 0. The highest BCUT2D eigenvalue weighted by molar-refractivity contribution is 5.81. The van der Waals surface area contributed by atoms with Crippen molar-refractivity contribution in [3.63, 3.8) is 0 Å². The quantitative estimate of drug-likeness (QED) is 0.601. The first-order valence-electron chi connectivity index (χ1n) is 11.8. The van der Waals surface area contributed by atoms with Crippen molar-refractivity contribution in [3.05, 3.63) is 30.3 Å². The first-order chi connectivity index (χ1) is 15.2. The number of benzene rings is 1. The third-order valence-corrected chi connectivity index (χ3v) is 6.78. The van der Waals surface area contributed by atoms with Gasteiger partial charge < -0.3 is 19.3 Å².